The van der Waals surface area contributed by atoms with E-state index in [0.29, 0.717) is 6.42 Å². The van der Waals surface area contributed by atoms with E-state index in [1.807, 2.05) is 6.92 Å². The van der Waals surface area contributed by atoms with E-state index in [-0.39, 0.29) is 6.42 Å². The number of fused-ring (bicyclic) bond motifs is 1. The van der Waals surface area contributed by atoms with Crippen molar-refractivity contribution in [1.29, 1.82) is 0 Å². The molecule has 0 saturated carbocycles. The summed E-state index contributed by atoms with van der Waals surface area (Å²) in [5.74, 6) is -0.727. The molecule has 0 spiro atoms. The number of aliphatic carboxylic acids is 1. The summed E-state index contributed by atoms with van der Waals surface area (Å²) in [5.41, 5.74) is 2.25. The number of carboxylic acids is 1. The second-order valence-electron chi connectivity index (χ2n) is 3.85. The summed E-state index contributed by atoms with van der Waals surface area (Å²) in [6, 6.07) is 6.24. The van der Waals surface area contributed by atoms with Gasteiger partial charge in [-0.05, 0) is 49.0 Å². The van der Waals surface area contributed by atoms with Gasteiger partial charge in [-0.2, -0.15) is 4.37 Å². The molecule has 1 heterocycles. The van der Waals surface area contributed by atoms with Crippen molar-refractivity contribution in [3.05, 3.63) is 29.5 Å². The van der Waals surface area contributed by atoms with Crippen LogP contribution in [0.2, 0.25) is 0 Å². The second kappa shape index (κ2) is 4.61. The zero-order valence-electron chi connectivity index (χ0n) is 9.06. The maximum absolute atomic E-state index is 10.4. The van der Waals surface area contributed by atoms with Gasteiger partial charge < -0.3 is 5.11 Å². The Labute approximate surface area is 97.9 Å². The fraction of sp³-hybridized carbons (Fsp3) is 0.333. The predicted octanol–water partition coefficient (Wildman–Crippen LogP) is 3.01. The van der Waals surface area contributed by atoms with Gasteiger partial charge in [0.15, 0.2) is 0 Å². The highest BCUT2D eigenvalue weighted by atomic mass is 32.1. The van der Waals surface area contributed by atoms with E-state index in [4.69, 9.17) is 5.11 Å². The first-order chi connectivity index (χ1) is 7.66. The third-order valence-corrected chi connectivity index (χ3v) is 3.49. The highest BCUT2D eigenvalue weighted by molar-refractivity contribution is 7.13. The van der Waals surface area contributed by atoms with E-state index in [9.17, 15) is 4.79 Å². The number of aromatic nitrogens is 1. The van der Waals surface area contributed by atoms with Crippen LogP contribution in [0.5, 0.6) is 0 Å². The third kappa shape index (κ3) is 2.39. The first-order valence-corrected chi connectivity index (χ1v) is 6.01. The molecule has 0 amide bonds. The molecule has 0 atom stereocenters. The Bertz CT molecular complexity index is 519. The van der Waals surface area contributed by atoms with Gasteiger partial charge in [-0.3, -0.25) is 4.79 Å². The number of benzene rings is 1. The normalized spacial score (nSPS) is 10.8. The molecule has 0 aliphatic rings. The average molecular weight is 235 g/mol. The Morgan fingerprint density at radius 2 is 2.31 bits per heavy atom. The fourth-order valence-corrected chi connectivity index (χ4v) is 2.47. The maximum Gasteiger partial charge on any atom is 0.303 e. The van der Waals surface area contributed by atoms with E-state index in [0.717, 1.165) is 12.1 Å². The van der Waals surface area contributed by atoms with Gasteiger partial charge in [0.2, 0.25) is 0 Å². The predicted molar refractivity (Wildman–Crippen MR) is 64.9 cm³/mol. The molecule has 3 nitrogen and oxygen atoms in total. The smallest absolute Gasteiger partial charge is 0.303 e. The van der Waals surface area contributed by atoms with E-state index in [1.54, 1.807) is 0 Å². The minimum atomic E-state index is -0.727. The largest absolute Gasteiger partial charge is 0.481 e. The summed E-state index contributed by atoms with van der Waals surface area (Å²) in [6.07, 6.45) is 1.74. The number of carboxylic acid groups (broad SMARTS) is 1. The Kier molecular flexibility index (Phi) is 3.19. The minimum Gasteiger partial charge on any atom is -0.481 e. The topological polar surface area (TPSA) is 50.2 Å². The molecule has 84 valence electrons. The molecule has 1 aromatic heterocycles. The van der Waals surface area contributed by atoms with E-state index in [2.05, 4.69) is 22.6 Å². The van der Waals surface area contributed by atoms with Crippen LogP contribution in [0.4, 0.5) is 0 Å². The van der Waals surface area contributed by atoms with E-state index < -0.39 is 5.97 Å². The van der Waals surface area contributed by atoms with Gasteiger partial charge in [-0.15, -0.1) is 0 Å². The Morgan fingerprint density at radius 1 is 1.50 bits per heavy atom. The monoisotopic (exact) mass is 235 g/mol. The molecule has 0 unspecified atom stereocenters. The van der Waals surface area contributed by atoms with Crippen molar-refractivity contribution in [3.8, 4) is 0 Å². The van der Waals surface area contributed by atoms with Crippen LogP contribution in [0.3, 0.4) is 0 Å². The molecule has 0 fully saturated rings. The van der Waals surface area contributed by atoms with Crippen molar-refractivity contribution in [1.82, 2.24) is 4.37 Å². The van der Waals surface area contributed by atoms with Crippen LogP contribution < -0.4 is 0 Å². The zero-order chi connectivity index (χ0) is 11.5. The average Bonchev–Trinajstić information content (AvgIpc) is 2.60. The van der Waals surface area contributed by atoms with Crippen LogP contribution in [-0.2, 0) is 11.2 Å². The molecule has 4 heteroatoms. The first-order valence-electron chi connectivity index (χ1n) is 5.23. The zero-order valence-corrected chi connectivity index (χ0v) is 9.88. The number of nitrogens with zero attached hydrogens (tertiary/aromatic N) is 1. The third-order valence-electron chi connectivity index (χ3n) is 2.57. The SMILES string of the molecule is Cc1nsc2ccc(CCCC(=O)O)cc12. The standard InChI is InChI=1S/C12H13NO2S/c1-8-10-7-9(3-2-4-12(14)15)5-6-11(10)16-13-8/h5-7H,2-4H2,1H3,(H,14,15). The molecule has 16 heavy (non-hydrogen) atoms. The Hall–Kier alpha value is -1.42. The van der Waals surface area contributed by atoms with Gasteiger partial charge in [-0.1, -0.05) is 6.07 Å². The van der Waals surface area contributed by atoms with Crippen molar-refractivity contribution in [3.63, 3.8) is 0 Å². The summed E-state index contributed by atoms with van der Waals surface area (Å²) >= 11 is 1.51. The van der Waals surface area contributed by atoms with Crippen molar-refractivity contribution >= 4 is 27.6 Å². The first kappa shape index (κ1) is 11.1. The van der Waals surface area contributed by atoms with Crippen molar-refractivity contribution in [2.75, 3.05) is 0 Å². The van der Waals surface area contributed by atoms with Gasteiger partial charge >= 0.3 is 5.97 Å². The number of carbonyl (C=O) groups is 1. The molecule has 0 radical (unpaired) electrons. The quantitative estimate of drug-likeness (QED) is 0.886. The van der Waals surface area contributed by atoms with Crippen molar-refractivity contribution in [2.24, 2.45) is 0 Å². The van der Waals surface area contributed by atoms with Crippen LogP contribution in [-0.4, -0.2) is 15.4 Å². The summed E-state index contributed by atoms with van der Waals surface area (Å²) in [4.78, 5) is 10.4. The molecule has 2 aromatic rings. The molecule has 1 N–H and O–H groups in total. The number of rotatable bonds is 4. The van der Waals surface area contributed by atoms with Gasteiger partial charge in [-0.25, -0.2) is 0 Å². The lowest BCUT2D eigenvalue weighted by Gasteiger charge is -2.00. The van der Waals surface area contributed by atoms with Gasteiger partial charge in [0.05, 0.1) is 10.4 Å². The van der Waals surface area contributed by atoms with Gasteiger partial charge in [0.1, 0.15) is 0 Å². The summed E-state index contributed by atoms with van der Waals surface area (Å²) < 4.78 is 5.49. The molecule has 0 aliphatic carbocycles. The van der Waals surface area contributed by atoms with Gasteiger partial charge in [0.25, 0.3) is 0 Å². The van der Waals surface area contributed by atoms with Crippen LogP contribution >= 0.6 is 11.5 Å². The number of hydrogen-bond acceptors (Lipinski definition) is 3. The maximum atomic E-state index is 10.4. The highest BCUT2D eigenvalue weighted by Crippen LogP contribution is 2.23. The van der Waals surface area contributed by atoms with Crippen LogP contribution in [0.15, 0.2) is 18.2 Å². The molecule has 0 saturated heterocycles. The lowest BCUT2D eigenvalue weighted by atomic mass is 10.1. The van der Waals surface area contributed by atoms with Crippen LogP contribution in [0.25, 0.3) is 10.1 Å². The molecule has 2 rings (SSSR count). The molecular weight excluding hydrogens is 222 g/mol. The van der Waals surface area contributed by atoms with Crippen molar-refractivity contribution in [2.45, 2.75) is 26.2 Å². The van der Waals surface area contributed by atoms with Gasteiger partial charge in [0, 0.05) is 11.8 Å². The summed E-state index contributed by atoms with van der Waals surface area (Å²) in [7, 11) is 0. The molecule has 0 bridgehead atoms. The lowest BCUT2D eigenvalue weighted by Crippen LogP contribution is -1.95. The van der Waals surface area contributed by atoms with Crippen LogP contribution in [0.1, 0.15) is 24.1 Å². The lowest BCUT2D eigenvalue weighted by molar-refractivity contribution is -0.137. The number of aryl methyl sites for hydroxylation is 2. The minimum absolute atomic E-state index is 0.235. The summed E-state index contributed by atoms with van der Waals surface area (Å²) in [5, 5.41) is 9.76. The van der Waals surface area contributed by atoms with E-state index >= 15 is 0 Å². The Morgan fingerprint density at radius 3 is 3.06 bits per heavy atom. The highest BCUT2D eigenvalue weighted by Gasteiger charge is 2.03. The fourth-order valence-electron chi connectivity index (χ4n) is 1.71. The molecular formula is C12H13NO2S. The molecule has 0 aliphatic heterocycles. The molecule has 1 aromatic carbocycles. The Balaban J connectivity index is 2.12. The summed E-state index contributed by atoms with van der Waals surface area (Å²) in [6.45, 7) is 2.00. The second-order valence-corrected chi connectivity index (χ2v) is 4.65. The number of hydrogen-bond donors (Lipinski definition) is 1. The van der Waals surface area contributed by atoms with Crippen molar-refractivity contribution < 1.29 is 9.90 Å². The van der Waals surface area contributed by atoms with Crippen LogP contribution in [0, 0.1) is 6.92 Å². The van der Waals surface area contributed by atoms with E-state index in [1.165, 1.54) is 27.2 Å².